The van der Waals surface area contributed by atoms with Crippen LogP contribution in [-0.4, -0.2) is 16.5 Å². The average Bonchev–Trinajstić information content (AvgIpc) is 3.03. The lowest BCUT2D eigenvalue weighted by atomic mass is 9.87. The van der Waals surface area contributed by atoms with Crippen molar-refractivity contribution < 1.29 is 4.79 Å². The molecule has 1 unspecified atom stereocenters. The molecule has 2 aliphatic rings. The molecule has 0 aliphatic heterocycles. The summed E-state index contributed by atoms with van der Waals surface area (Å²) in [6.45, 7) is 4.47. The Morgan fingerprint density at radius 1 is 1.42 bits per heavy atom. The van der Waals surface area contributed by atoms with Gasteiger partial charge in [0.05, 0.1) is 5.69 Å². The lowest BCUT2D eigenvalue weighted by molar-refractivity contribution is 0.0900. The number of carbonyl (C=O) groups is 1. The van der Waals surface area contributed by atoms with Crippen LogP contribution in [0.1, 0.15) is 62.5 Å². The second-order valence-electron chi connectivity index (χ2n) is 6.70. The predicted octanol–water partition coefficient (Wildman–Crippen LogP) is 2.71. The molecule has 4 nitrogen and oxygen atoms in total. The van der Waals surface area contributed by atoms with Crippen molar-refractivity contribution in [2.24, 2.45) is 5.41 Å². The lowest BCUT2D eigenvalue weighted by Gasteiger charge is -2.27. The molecule has 19 heavy (non-hydrogen) atoms. The molecule has 104 valence electrons. The highest BCUT2D eigenvalue weighted by atomic mass is 16.2. The zero-order valence-electron chi connectivity index (χ0n) is 11.8. The second kappa shape index (κ2) is 4.29. The highest BCUT2D eigenvalue weighted by Gasteiger charge is 2.36. The molecule has 0 radical (unpaired) electrons. The molecule has 3 N–H and O–H groups in total. The maximum absolute atomic E-state index is 12.5. The van der Waals surface area contributed by atoms with Gasteiger partial charge in [0.25, 0.3) is 5.91 Å². The Labute approximate surface area is 114 Å². The van der Waals surface area contributed by atoms with E-state index in [2.05, 4.69) is 19.2 Å². The standard InChI is InChI=1S/C15H23N3O/c1-15(2)7-3-4-13(15)17-14(19)12-8-10(16)9-18(12)11-5-6-11/h8-9,11,13H,3-7,16H2,1-2H3,(H,17,19). The summed E-state index contributed by atoms with van der Waals surface area (Å²) in [5.41, 5.74) is 7.46. The van der Waals surface area contributed by atoms with E-state index in [1.54, 1.807) is 6.07 Å². The van der Waals surface area contributed by atoms with E-state index in [4.69, 9.17) is 5.73 Å². The molecule has 2 saturated carbocycles. The van der Waals surface area contributed by atoms with Crippen molar-refractivity contribution in [3.8, 4) is 0 Å². The molecular formula is C15H23N3O. The van der Waals surface area contributed by atoms with Gasteiger partial charge in [-0.2, -0.15) is 0 Å². The van der Waals surface area contributed by atoms with Crippen LogP contribution >= 0.6 is 0 Å². The number of carbonyl (C=O) groups excluding carboxylic acids is 1. The molecule has 1 aromatic rings. The summed E-state index contributed by atoms with van der Waals surface area (Å²) < 4.78 is 2.05. The fourth-order valence-corrected chi connectivity index (χ4v) is 3.16. The monoisotopic (exact) mass is 261 g/mol. The van der Waals surface area contributed by atoms with Gasteiger partial charge in [0, 0.05) is 18.3 Å². The van der Waals surface area contributed by atoms with E-state index in [9.17, 15) is 4.79 Å². The second-order valence-corrected chi connectivity index (χ2v) is 6.70. The van der Waals surface area contributed by atoms with Gasteiger partial charge in [0.15, 0.2) is 0 Å². The maximum Gasteiger partial charge on any atom is 0.268 e. The molecule has 4 heteroatoms. The first-order valence-electron chi connectivity index (χ1n) is 7.25. The van der Waals surface area contributed by atoms with Crippen LogP contribution in [0.4, 0.5) is 5.69 Å². The van der Waals surface area contributed by atoms with Gasteiger partial charge >= 0.3 is 0 Å². The van der Waals surface area contributed by atoms with E-state index in [0.717, 1.165) is 25.0 Å². The van der Waals surface area contributed by atoms with Gasteiger partial charge in [-0.25, -0.2) is 0 Å². The number of hydrogen-bond donors (Lipinski definition) is 2. The highest BCUT2D eigenvalue weighted by molar-refractivity contribution is 5.94. The van der Waals surface area contributed by atoms with Crippen molar-refractivity contribution in [2.45, 2.75) is 58.0 Å². The number of aromatic nitrogens is 1. The first-order chi connectivity index (χ1) is 8.97. The Bertz CT molecular complexity index is 499. The van der Waals surface area contributed by atoms with Crippen molar-refractivity contribution >= 4 is 11.6 Å². The molecular weight excluding hydrogens is 238 g/mol. The van der Waals surface area contributed by atoms with Crippen molar-refractivity contribution in [1.29, 1.82) is 0 Å². The molecule has 1 heterocycles. The Morgan fingerprint density at radius 3 is 2.74 bits per heavy atom. The van der Waals surface area contributed by atoms with Crippen molar-refractivity contribution in [2.75, 3.05) is 5.73 Å². The van der Waals surface area contributed by atoms with Crippen molar-refractivity contribution in [3.63, 3.8) is 0 Å². The topological polar surface area (TPSA) is 60.1 Å². The number of nitrogens with zero attached hydrogens (tertiary/aromatic N) is 1. The number of rotatable bonds is 3. The smallest absolute Gasteiger partial charge is 0.268 e. The minimum Gasteiger partial charge on any atom is -0.397 e. The molecule has 0 aromatic carbocycles. The number of nitrogens with two attached hydrogens (primary N) is 1. The van der Waals surface area contributed by atoms with Crippen LogP contribution in [0, 0.1) is 5.41 Å². The molecule has 1 atom stereocenters. The Balaban J connectivity index is 1.77. The summed E-state index contributed by atoms with van der Waals surface area (Å²) in [7, 11) is 0. The minimum atomic E-state index is 0.0311. The first-order valence-corrected chi connectivity index (χ1v) is 7.25. The third-order valence-corrected chi connectivity index (χ3v) is 4.61. The summed E-state index contributed by atoms with van der Waals surface area (Å²) in [4.78, 5) is 12.5. The number of hydrogen-bond acceptors (Lipinski definition) is 2. The Kier molecular flexibility index (Phi) is 2.84. The quantitative estimate of drug-likeness (QED) is 0.879. The average molecular weight is 261 g/mol. The summed E-state index contributed by atoms with van der Waals surface area (Å²) in [5, 5.41) is 3.21. The van der Waals surface area contributed by atoms with Gasteiger partial charge in [-0.05, 0) is 37.2 Å². The van der Waals surface area contributed by atoms with Crippen LogP contribution < -0.4 is 11.1 Å². The third-order valence-electron chi connectivity index (χ3n) is 4.61. The molecule has 2 fully saturated rings. The number of nitrogen functional groups attached to an aromatic ring is 1. The Morgan fingerprint density at radius 2 is 2.16 bits per heavy atom. The van der Waals surface area contributed by atoms with Gasteiger partial charge in [-0.3, -0.25) is 4.79 Å². The third kappa shape index (κ3) is 2.36. The van der Waals surface area contributed by atoms with Crippen molar-refractivity contribution in [1.82, 2.24) is 9.88 Å². The predicted molar refractivity (Wildman–Crippen MR) is 76.0 cm³/mol. The number of anilines is 1. The van der Waals surface area contributed by atoms with Crippen LogP contribution in [0.5, 0.6) is 0 Å². The van der Waals surface area contributed by atoms with E-state index in [-0.39, 0.29) is 17.4 Å². The number of nitrogens with one attached hydrogen (secondary N) is 1. The van der Waals surface area contributed by atoms with Crippen LogP contribution in [0.25, 0.3) is 0 Å². The van der Waals surface area contributed by atoms with Crippen LogP contribution in [-0.2, 0) is 0 Å². The van der Waals surface area contributed by atoms with E-state index in [1.807, 2.05) is 10.8 Å². The molecule has 0 saturated heterocycles. The Hall–Kier alpha value is -1.45. The zero-order chi connectivity index (χ0) is 13.6. The fraction of sp³-hybridized carbons (Fsp3) is 0.667. The van der Waals surface area contributed by atoms with Gasteiger partial charge in [0.1, 0.15) is 5.69 Å². The van der Waals surface area contributed by atoms with Crippen molar-refractivity contribution in [3.05, 3.63) is 18.0 Å². The molecule has 1 aromatic heterocycles. The lowest BCUT2D eigenvalue weighted by Crippen LogP contribution is -2.42. The maximum atomic E-state index is 12.5. The van der Waals surface area contributed by atoms with Gasteiger partial charge < -0.3 is 15.6 Å². The molecule has 1 amide bonds. The molecule has 3 rings (SSSR count). The summed E-state index contributed by atoms with van der Waals surface area (Å²) in [6.07, 6.45) is 7.67. The molecule has 0 spiro atoms. The fourth-order valence-electron chi connectivity index (χ4n) is 3.16. The van der Waals surface area contributed by atoms with E-state index in [0.29, 0.717) is 11.7 Å². The van der Waals surface area contributed by atoms with Crippen LogP contribution in [0.15, 0.2) is 12.3 Å². The summed E-state index contributed by atoms with van der Waals surface area (Å²) in [6, 6.07) is 2.56. The SMILES string of the molecule is CC1(C)CCCC1NC(=O)c1cc(N)cn1C1CC1. The van der Waals surface area contributed by atoms with Gasteiger partial charge in [-0.1, -0.05) is 20.3 Å². The zero-order valence-corrected chi connectivity index (χ0v) is 11.8. The highest BCUT2D eigenvalue weighted by Crippen LogP contribution is 2.39. The number of amides is 1. The first kappa shape index (κ1) is 12.6. The molecule has 2 aliphatic carbocycles. The largest absolute Gasteiger partial charge is 0.397 e. The molecule has 0 bridgehead atoms. The van der Waals surface area contributed by atoms with Crippen LogP contribution in [0.2, 0.25) is 0 Å². The van der Waals surface area contributed by atoms with Crippen LogP contribution in [0.3, 0.4) is 0 Å². The van der Waals surface area contributed by atoms with E-state index in [1.165, 1.54) is 12.8 Å². The summed E-state index contributed by atoms with van der Waals surface area (Å²) in [5.74, 6) is 0.0311. The van der Waals surface area contributed by atoms with Gasteiger partial charge in [-0.15, -0.1) is 0 Å². The van der Waals surface area contributed by atoms with Gasteiger partial charge in [0.2, 0.25) is 0 Å². The van der Waals surface area contributed by atoms with E-state index < -0.39 is 0 Å². The minimum absolute atomic E-state index is 0.0311. The summed E-state index contributed by atoms with van der Waals surface area (Å²) >= 11 is 0. The van der Waals surface area contributed by atoms with E-state index >= 15 is 0 Å². The normalized spacial score (nSPS) is 25.5.